The number of hydrogen-bond donors (Lipinski definition) is 2. The summed E-state index contributed by atoms with van der Waals surface area (Å²) in [5.41, 5.74) is 5.83. The molecule has 19 heavy (non-hydrogen) atoms. The summed E-state index contributed by atoms with van der Waals surface area (Å²) in [7, 11) is 1.33. The van der Waals surface area contributed by atoms with Crippen LogP contribution in [0.15, 0.2) is 35.3 Å². The van der Waals surface area contributed by atoms with Gasteiger partial charge in [0, 0.05) is 12.0 Å². The number of nitrogens with zero attached hydrogens (tertiary/aromatic N) is 1. The van der Waals surface area contributed by atoms with E-state index in [1.165, 1.54) is 7.11 Å². The molecule has 1 aromatic rings. The molecule has 6 heteroatoms. The number of rotatable bonds is 2. The molecule has 0 saturated carbocycles. The molecule has 1 amide bonds. The van der Waals surface area contributed by atoms with Crippen LogP contribution in [0.3, 0.4) is 0 Å². The molecule has 0 spiro atoms. The second kappa shape index (κ2) is 5.99. The first kappa shape index (κ1) is 13.1. The monoisotopic (exact) mass is 261 g/mol. The molecule has 0 bridgehead atoms. The number of nitrogens with one attached hydrogen (secondary N) is 2. The van der Waals surface area contributed by atoms with Crippen molar-refractivity contribution in [2.45, 2.75) is 18.9 Å². The first-order valence-electron chi connectivity index (χ1n) is 5.96. The van der Waals surface area contributed by atoms with Gasteiger partial charge < -0.3 is 4.74 Å². The van der Waals surface area contributed by atoms with Gasteiger partial charge in [-0.2, -0.15) is 0 Å². The fraction of sp³-hybridized carbons (Fsp3) is 0.308. The lowest BCUT2D eigenvalue weighted by Crippen LogP contribution is -2.40. The third-order valence-corrected chi connectivity index (χ3v) is 2.80. The van der Waals surface area contributed by atoms with Crippen molar-refractivity contribution >= 4 is 17.7 Å². The predicted molar refractivity (Wildman–Crippen MR) is 69.5 cm³/mol. The molecule has 1 aromatic carbocycles. The van der Waals surface area contributed by atoms with E-state index in [1.807, 2.05) is 6.07 Å². The van der Waals surface area contributed by atoms with Gasteiger partial charge in [0.15, 0.2) is 0 Å². The Balaban J connectivity index is 1.87. The fourth-order valence-corrected chi connectivity index (χ4v) is 1.78. The first-order valence-corrected chi connectivity index (χ1v) is 5.96. The summed E-state index contributed by atoms with van der Waals surface area (Å²) in [6.45, 7) is 0. The van der Waals surface area contributed by atoms with Crippen molar-refractivity contribution in [1.29, 1.82) is 0 Å². The summed E-state index contributed by atoms with van der Waals surface area (Å²) < 4.78 is 4.62. The lowest BCUT2D eigenvalue weighted by molar-refractivity contribution is -0.141. The van der Waals surface area contributed by atoms with Crippen molar-refractivity contribution in [2.24, 2.45) is 4.99 Å². The second-order valence-corrected chi connectivity index (χ2v) is 4.10. The molecular formula is C13H15N3O3. The molecule has 0 radical (unpaired) electrons. The highest BCUT2D eigenvalue weighted by Crippen LogP contribution is 2.12. The SMILES string of the molecule is COC(=O)C1CCC(NNC(=O)c2ccccc2)=N1. The van der Waals surface area contributed by atoms with Crippen LogP contribution in [0.5, 0.6) is 0 Å². The van der Waals surface area contributed by atoms with Crippen LogP contribution in [-0.4, -0.2) is 30.9 Å². The minimum Gasteiger partial charge on any atom is -0.467 e. The van der Waals surface area contributed by atoms with Crippen LogP contribution in [-0.2, 0) is 9.53 Å². The van der Waals surface area contributed by atoms with Crippen LogP contribution in [0, 0.1) is 0 Å². The van der Waals surface area contributed by atoms with Gasteiger partial charge in [0.1, 0.15) is 11.9 Å². The Morgan fingerprint density at radius 1 is 1.32 bits per heavy atom. The third-order valence-electron chi connectivity index (χ3n) is 2.80. The zero-order chi connectivity index (χ0) is 13.7. The Morgan fingerprint density at radius 3 is 2.74 bits per heavy atom. The molecule has 0 fully saturated rings. The molecule has 1 unspecified atom stereocenters. The molecule has 2 rings (SSSR count). The maximum atomic E-state index is 11.8. The van der Waals surface area contributed by atoms with E-state index < -0.39 is 6.04 Å². The number of hydrazine groups is 1. The quantitative estimate of drug-likeness (QED) is 0.605. The third kappa shape index (κ3) is 3.31. The van der Waals surface area contributed by atoms with Crippen molar-refractivity contribution in [3.05, 3.63) is 35.9 Å². The maximum absolute atomic E-state index is 11.8. The minimum atomic E-state index is -0.471. The Hall–Kier alpha value is -2.37. The van der Waals surface area contributed by atoms with E-state index >= 15 is 0 Å². The zero-order valence-corrected chi connectivity index (χ0v) is 10.6. The molecule has 0 saturated heterocycles. The summed E-state index contributed by atoms with van der Waals surface area (Å²) in [4.78, 5) is 27.2. The molecular weight excluding hydrogens is 246 g/mol. The first-order chi connectivity index (χ1) is 9.20. The number of benzene rings is 1. The summed E-state index contributed by atoms with van der Waals surface area (Å²) in [5.74, 6) is -0.0179. The van der Waals surface area contributed by atoms with Gasteiger partial charge in [0.25, 0.3) is 5.91 Å². The predicted octanol–water partition coefficient (Wildman–Crippen LogP) is 0.655. The number of carbonyl (C=O) groups is 2. The number of ether oxygens (including phenoxy) is 1. The average molecular weight is 261 g/mol. The summed E-state index contributed by atoms with van der Waals surface area (Å²) >= 11 is 0. The smallest absolute Gasteiger partial charge is 0.330 e. The van der Waals surface area contributed by atoms with Crippen LogP contribution < -0.4 is 10.9 Å². The van der Waals surface area contributed by atoms with E-state index in [0.717, 1.165) is 0 Å². The molecule has 1 heterocycles. The minimum absolute atomic E-state index is 0.246. The van der Waals surface area contributed by atoms with Gasteiger partial charge in [0.2, 0.25) is 0 Å². The zero-order valence-electron chi connectivity index (χ0n) is 10.6. The number of aliphatic imine (C=N–C) groups is 1. The number of amides is 1. The fourth-order valence-electron chi connectivity index (χ4n) is 1.78. The number of esters is 1. The largest absolute Gasteiger partial charge is 0.467 e. The van der Waals surface area contributed by atoms with Crippen LogP contribution in [0.25, 0.3) is 0 Å². The van der Waals surface area contributed by atoms with Crippen molar-refractivity contribution < 1.29 is 14.3 Å². The van der Waals surface area contributed by atoms with Crippen LogP contribution >= 0.6 is 0 Å². The lowest BCUT2D eigenvalue weighted by atomic mass is 10.2. The van der Waals surface area contributed by atoms with Crippen molar-refractivity contribution in [3.63, 3.8) is 0 Å². The average Bonchev–Trinajstić information content (AvgIpc) is 2.93. The number of amidine groups is 1. The van der Waals surface area contributed by atoms with Gasteiger partial charge in [-0.1, -0.05) is 18.2 Å². The topological polar surface area (TPSA) is 79.8 Å². The maximum Gasteiger partial charge on any atom is 0.330 e. The van der Waals surface area contributed by atoms with Gasteiger partial charge >= 0.3 is 5.97 Å². The summed E-state index contributed by atoms with van der Waals surface area (Å²) in [5, 5.41) is 0. The molecule has 0 aromatic heterocycles. The highest BCUT2D eigenvalue weighted by atomic mass is 16.5. The molecule has 1 aliphatic rings. The van der Waals surface area contributed by atoms with E-state index in [2.05, 4.69) is 20.6 Å². The molecule has 0 aliphatic carbocycles. The van der Waals surface area contributed by atoms with Crippen LogP contribution in [0.2, 0.25) is 0 Å². The summed E-state index contributed by atoms with van der Waals surface area (Å²) in [6, 6.07) is 8.37. The van der Waals surface area contributed by atoms with Crippen molar-refractivity contribution in [1.82, 2.24) is 10.9 Å². The van der Waals surface area contributed by atoms with Gasteiger partial charge in [-0.25, -0.2) is 4.79 Å². The van der Waals surface area contributed by atoms with Gasteiger partial charge in [-0.05, 0) is 18.6 Å². The van der Waals surface area contributed by atoms with E-state index in [0.29, 0.717) is 24.2 Å². The Labute approximate surface area is 110 Å². The molecule has 6 nitrogen and oxygen atoms in total. The Kier molecular flexibility index (Phi) is 4.12. The van der Waals surface area contributed by atoms with Gasteiger partial charge in [0.05, 0.1) is 7.11 Å². The molecule has 1 atom stereocenters. The number of methoxy groups -OCH3 is 1. The van der Waals surface area contributed by atoms with Crippen molar-refractivity contribution in [3.8, 4) is 0 Å². The summed E-state index contributed by atoms with van der Waals surface area (Å²) in [6.07, 6.45) is 1.20. The molecule has 100 valence electrons. The highest BCUT2D eigenvalue weighted by molar-refractivity contribution is 5.96. The number of carbonyl (C=O) groups excluding carboxylic acids is 2. The van der Waals surface area contributed by atoms with E-state index in [4.69, 9.17) is 0 Å². The van der Waals surface area contributed by atoms with E-state index in [1.54, 1.807) is 24.3 Å². The van der Waals surface area contributed by atoms with E-state index in [-0.39, 0.29) is 11.9 Å². The highest BCUT2D eigenvalue weighted by Gasteiger charge is 2.25. The van der Waals surface area contributed by atoms with Crippen molar-refractivity contribution in [2.75, 3.05) is 7.11 Å². The van der Waals surface area contributed by atoms with Crippen LogP contribution in [0.1, 0.15) is 23.2 Å². The normalized spacial score (nSPS) is 17.5. The van der Waals surface area contributed by atoms with Crippen LogP contribution in [0.4, 0.5) is 0 Å². The second-order valence-electron chi connectivity index (χ2n) is 4.10. The van der Waals surface area contributed by atoms with Gasteiger partial charge in [-0.15, -0.1) is 0 Å². The Bertz CT molecular complexity index is 499. The van der Waals surface area contributed by atoms with E-state index in [9.17, 15) is 9.59 Å². The molecule has 1 aliphatic heterocycles. The standard InChI is InChI=1S/C13H15N3O3/c1-19-13(18)10-7-8-11(14-10)15-16-12(17)9-5-3-2-4-6-9/h2-6,10H,7-8H2,1H3,(H,14,15)(H,16,17). The number of hydrogen-bond acceptors (Lipinski definition) is 5. The Morgan fingerprint density at radius 2 is 2.05 bits per heavy atom. The van der Waals surface area contributed by atoms with Gasteiger partial charge in [-0.3, -0.25) is 20.6 Å². The lowest BCUT2D eigenvalue weighted by Gasteiger charge is -2.07. The molecule has 2 N–H and O–H groups in total.